The van der Waals surface area contributed by atoms with Crippen molar-refractivity contribution in [2.75, 3.05) is 29.9 Å². The number of hydrogen-bond donors (Lipinski definition) is 1. The average Bonchev–Trinajstić information content (AvgIpc) is 2.62. The van der Waals surface area contributed by atoms with Crippen molar-refractivity contribution in [1.82, 2.24) is 0 Å². The summed E-state index contributed by atoms with van der Waals surface area (Å²) in [6, 6.07) is 16.5. The first kappa shape index (κ1) is 17.5. The molecule has 0 saturated carbocycles. The van der Waals surface area contributed by atoms with E-state index in [1.807, 2.05) is 43.3 Å². The summed E-state index contributed by atoms with van der Waals surface area (Å²) in [5, 5.41) is 3.04. The molecule has 0 atom stereocenters. The summed E-state index contributed by atoms with van der Waals surface area (Å²) >= 11 is 0. The molecule has 2 aromatic carbocycles. The quantitative estimate of drug-likeness (QED) is 0.793. The van der Waals surface area contributed by atoms with E-state index in [1.54, 1.807) is 30.0 Å². The third-order valence-electron chi connectivity index (χ3n) is 3.54. The van der Waals surface area contributed by atoms with Crippen molar-refractivity contribution in [3.63, 3.8) is 0 Å². The van der Waals surface area contributed by atoms with Crippen LogP contribution in [0.3, 0.4) is 0 Å². The number of carbonyl (C=O) groups excluding carboxylic acids is 2. The summed E-state index contributed by atoms with van der Waals surface area (Å²) in [5.74, 6) is -0.467. The molecule has 2 rings (SSSR count). The second-order valence-corrected chi connectivity index (χ2v) is 5.09. The van der Waals surface area contributed by atoms with Gasteiger partial charge in [0, 0.05) is 17.9 Å². The Labute approximate surface area is 142 Å². The number of likely N-dealkylation sites (N-methyl/N-ethyl adjacent to an activating group) is 1. The zero-order valence-corrected chi connectivity index (χ0v) is 14.0. The molecule has 24 heavy (non-hydrogen) atoms. The molecule has 0 saturated heterocycles. The number of benzene rings is 2. The minimum Gasteiger partial charge on any atom is -0.462 e. The van der Waals surface area contributed by atoms with Crippen LogP contribution in [0.2, 0.25) is 0 Å². The number of hydrogen-bond acceptors (Lipinski definition) is 4. The maximum Gasteiger partial charge on any atom is 0.340 e. The highest BCUT2D eigenvalue weighted by Crippen LogP contribution is 2.17. The summed E-state index contributed by atoms with van der Waals surface area (Å²) in [6.07, 6.45) is 0. The first-order chi connectivity index (χ1) is 11.7. The SMILES string of the molecule is CCOC(=O)c1ccccc1NCC(=O)N(CC)c1ccccc1. The molecule has 5 nitrogen and oxygen atoms in total. The van der Waals surface area contributed by atoms with Crippen LogP contribution < -0.4 is 10.2 Å². The van der Waals surface area contributed by atoms with Gasteiger partial charge in [0.2, 0.25) is 5.91 Å². The van der Waals surface area contributed by atoms with Gasteiger partial charge in [-0.2, -0.15) is 0 Å². The predicted octanol–water partition coefficient (Wildman–Crippen LogP) is 3.33. The number of para-hydroxylation sites is 2. The van der Waals surface area contributed by atoms with Crippen LogP contribution in [0.5, 0.6) is 0 Å². The predicted molar refractivity (Wildman–Crippen MR) is 95.4 cm³/mol. The van der Waals surface area contributed by atoms with E-state index in [0.717, 1.165) is 5.69 Å². The fourth-order valence-electron chi connectivity index (χ4n) is 2.40. The molecular formula is C19H22N2O3. The molecule has 0 bridgehead atoms. The number of nitrogens with one attached hydrogen (secondary N) is 1. The van der Waals surface area contributed by atoms with Crippen LogP contribution in [0.4, 0.5) is 11.4 Å². The highest BCUT2D eigenvalue weighted by atomic mass is 16.5. The summed E-state index contributed by atoms with van der Waals surface area (Å²) in [5.41, 5.74) is 1.87. The van der Waals surface area contributed by atoms with E-state index in [1.165, 1.54) is 0 Å². The number of anilines is 2. The topological polar surface area (TPSA) is 58.6 Å². The summed E-state index contributed by atoms with van der Waals surface area (Å²) in [7, 11) is 0. The second-order valence-electron chi connectivity index (χ2n) is 5.09. The number of amides is 1. The fraction of sp³-hybridized carbons (Fsp3) is 0.263. The molecule has 1 N–H and O–H groups in total. The maximum atomic E-state index is 12.5. The first-order valence-electron chi connectivity index (χ1n) is 8.02. The largest absolute Gasteiger partial charge is 0.462 e. The molecule has 0 fully saturated rings. The van der Waals surface area contributed by atoms with Gasteiger partial charge in [-0.15, -0.1) is 0 Å². The number of esters is 1. The van der Waals surface area contributed by atoms with Crippen LogP contribution in [-0.4, -0.2) is 31.6 Å². The van der Waals surface area contributed by atoms with Crippen molar-refractivity contribution in [3.05, 3.63) is 60.2 Å². The van der Waals surface area contributed by atoms with E-state index >= 15 is 0 Å². The molecule has 0 spiro atoms. The minimum atomic E-state index is -0.400. The molecule has 5 heteroatoms. The average molecular weight is 326 g/mol. The van der Waals surface area contributed by atoms with Crippen LogP contribution in [0.15, 0.2) is 54.6 Å². The highest BCUT2D eigenvalue weighted by Gasteiger charge is 2.16. The number of ether oxygens (including phenoxy) is 1. The Kier molecular flexibility index (Phi) is 6.37. The standard InChI is InChI=1S/C19H22N2O3/c1-3-21(15-10-6-5-7-11-15)18(22)14-20-17-13-9-8-12-16(17)19(23)24-4-2/h5-13,20H,3-4,14H2,1-2H3. The first-order valence-corrected chi connectivity index (χ1v) is 8.02. The normalized spacial score (nSPS) is 10.1. The van der Waals surface area contributed by atoms with E-state index in [-0.39, 0.29) is 12.5 Å². The molecule has 126 valence electrons. The molecule has 2 aromatic rings. The number of carbonyl (C=O) groups is 2. The van der Waals surface area contributed by atoms with Gasteiger partial charge in [-0.05, 0) is 38.1 Å². The molecule has 0 radical (unpaired) electrons. The van der Waals surface area contributed by atoms with E-state index in [0.29, 0.717) is 24.4 Å². The third-order valence-corrected chi connectivity index (χ3v) is 3.54. The molecule has 1 amide bonds. The molecule has 0 aliphatic rings. The summed E-state index contributed by atoms with van der Waals surface area (Å²) < 4.78 is 5.04. The Hall–Kier alpha value is -2.82. The summed E-state index contributed by atoms with van der Waals surface area (Å²) in [4.78, 5) is 26.2. The van der Waals surface area contributed by atoms with Crippen molar-refractivity contribution in [2.45, 2.75) is 13.8 Å². The molecule has 0 aromatic heterocycles. The lowest BCUT2D eigenvalue weighted by Crippen LogP contribution is -2.35. The Bertz CT molecular complexity index is 686. The van der Waals surface area contributed by atoms with Gasteiger partial charge < -0.3 is 15.0 Å². The minimum absolute atomic E-state index is 0.0673. The van der Waals surface area contributed by atoms with Gasteiger partial charge in [0.25, 0.3) is 0 Å². The molecule has 0 aliphatic carbocycles. The zero-order valence-electron chi connectivity index (χ0n) is 14.0. The van der Waals surface area contributed by atoms with Crippen molar-refractivity contribution < 1.29 is 14.3 Å². The van der Waals surface area contributed by atoms with Crippen LogP contribution in [0, 0.1) is 0 Å². The van der Waals surface area contributed by atoms with Gasteiger partial charge in [0.1, 0.15) is 0 Å². The van der Waals surface area contributed by atoms with E-state index in [9.17, 15) is 9.59 Å². The van der Waals surface area contributed by atoms with Crippen LogP contribution in [0.25, 0.3) is 0 Å². The Morgan fingerprint density at radius 3 is 2.33 bits per heavy atom. The maximum absolute atomic E-state index is 12.5. The monoisotopic (exact) mass is 326 g/mol. The molecule has 0 heterocycles. The van der Waals surface area contributed by atoms with Gasteiger partial charge in [-0.25, -0.2) is 4.79 Å². The van der Waals surface area contributed by atoms with Gasteiger partial charge in [-0.1, -0.05) is 30.3 Å². The molecule has 0 aliphatic heterocycles. The Morgan fingerprint density at radius 2 is 1.67 bits per heavy atom. The lowest BCUT2D eigenvalue weighted by molar-refractivity contribution is -0.116. The number of nitrogens with zero attached hydrogens (tertiary/aromatic N) is 1. The van der Waals surface area contributed by atoms with Crippen LogP contribution in [0.1, 0.15) is 24.2 Å². The fourth-order valence-corrected chi connectivity index (χ4v) is 2.40. The van der Waals surface area contributed by atoms with E-state index in [4.69, 9.17) is 4.74 Å². The number of rotatable bonds is 7. The van der Waals surface area contributed by atoms with Gasteiger partial charge >= 0.3 is 5.97 Å². The molecular weight excluding hydrogens is 304 g/mol. The van der Waals surface area contributed by atoms with Crippen molar-refractivity contribution in [2.24, 2.45) is 0 Å². The Balaban J connectivity index is 2.07. The second kappa shape index (κ2) is 8.72. The zero-order chi connectivity index (χ0) is 17.4. The third kappa shape index (κ3) is 4.35. The highest BCUT2D eigenvalue weighted by molar-refractivity contribution is 5.99. The van der Waals surface area contributed by atoms with Crippen molar-refractivity contribution in [3.8, 4) is 0 Å². The van der Waals surface area contributed by atoms with E-state index in [2.05, 4.69) is 5.32 Å². The lowest BCUT2D eigenvalue weighted by Gasteiger charge is -2.21. The summed E-state index contributed by atoms with van der Waals surface area (Å²) in [6.45, 7) is 4.67. The van der Waals surface area contributed by atoms with Crippen LogP contribution in [-0.2, 0) is 9.53 Å². The smallest absolute Gasteiger partial charge is 0.340 e. The lowest BCUT2D eigenvalue weighted by atomic mass is 10.2. The van der Waals surface area contributed by atoms with Crippen molar-refractivity contribution >= 4 is 23.3 Å². The molecule has 0 unspecified atom stereocenters. The Morgan fingerprint density at radius 1 is 1.00 bits per heavy atom. The van der Waals surface area contributed by atoms with Crippen LogP contribution >= 0.6 is 0 Å². The van der Waals surface area contributed by atoms with Gasteiger partial charge in [0.15, 0.2) is 0 Å². The van der Waals surface area contributed by atoms with Gasteiger partial charge in [0.05, 0.1) is 18.7 Å². The van der Waals surface area contributed by atoms with Crippen molar-refractivity contribution in [1.29, 1.82) is 0 Å². The van der Waals surface area contributed by atoms with Gasteiger partial charge in [-0.3, -0.25) is 4.79 Å². The van der Waals surface area contributed by atoms with E-state index < -0.39 is 5.97 Å².